The number of amidine groups is 1. The van der Waals surface area contributed by atoms with Crippen LogP contribution in [-0.2, 0) is 4.79 Å². The van der Waals surface area contributed by atoms with Crippen molar-refractivity contribution in [3.05, 3.63) is 42.2 Å². The molecule has 0 bridgehead atoms. The first kappa shape index (κ1) is 20.1. The maximum Gasteiger partial charge on any atom is 0.407 e. The van der Waals surface area contributed by atoms with Crippen LogP contribution in [0.3, 0.4) is 0 Å². The Bertz CT molecular complexity index is 1160. The Morgan fingerprint density at radius 1 is 1.31 bits per heavy atom. The van der Waals surface area contributed by atoms with Crippen LogP contribution in [0.15, 0.2) is 41.5 Å². The lowest BCUT2D eigenvalue weighted by atomic mass is 9.90. The van der Waals surface area contributed by atoms with E-state index in [0.29, 0.717) is 47.2 Å². The van der Waals surface area contributed by atoms with Gasteiger partial charge in [-0.15, -0.1) is 0 Å². The summed E-state index contributed by atoms with van der Waals surface area (Å²) in [4.78, 5) is 26.6. The Hall–Kier alpha value is -3.82. The first-order chi connectivity index (χ1) is 15.3. The fourth-order valence-corrected chi connectivity index (χ4v) is 4.41. The van der Waals surface area contributed by atoms with Crippen LogP contribution in [-0.4, -0.2) is 59.1 Å². The molecule has 1 fully saturated rings. The monoisotopic (exact) mass is 439 g/mol. The van der Waals surface area contributed by atoms with E-state index in [1.165, 1.54) is 11.0 Å². The number of likely N-dealkylation sites (tertiary alicyclic amines) is 1. The van der Waals surface area contributed by atoms with Gasteiger partial charge in [0, 0.05) is 29.9 Å². The van der Waals surface area contributed by atoms with Crippen LogP contribution in [0.1, 0.15) is 13.8 Å². The molecule has 32 heavy (non-hydrogen) atoms. The first-order valence-corrected chi connectivity index (χ1v) is 10.2. The number of anilines is 2. The molecule has 0 aromatic heterocycles. The van der Waals surface area contributed by atoms with E-state index in [0.717, 1.165) is 0 Å². The number of fused-ring (bicyclic) bond motifs is 3. The zero-order chi connectivity index (χ0) is 22.6. The third-order valence-electron chi connectivity index (χ3n) is 6.01. The van der Waals surface area contributed by atoms with E-state index >= 15 is 0 Å². The molecule has 166 valence electrons. The van der Waals surface area contributed by atoms with Gasteiger partial charge in [0.2, 0.25) is 0 Å². The summed E-state index contributed by atoms with van der Waals surface area (Å²) in [6.45, 7) is 4.45. The third-order valence-corrected chi connectivity index (χ3v) is 6.01. The van der Waals surface area contributed by atoms with Crippen LogP contribution in [0.2, 0.25) is 0 Å². The highest BCUT2D eigenvalue weighted by Gasteiger charge is 2.42. The van der Waals surface area contributed by atoms with Gasteiger partial charge in [-0.1, -0.05) is 18.2 Å². The van der Waals surface area contributed by atoms with Crippen LogP contribution in [0.4, 0.5) is 20.6 Å². The van der Waals surface area contributed by atoms with Crippen LogP contribution in [0.25, 0.3) is 11.1 Å². The van der Waals surface area contributed by atoms with E-state index in [-0.39, 0.29) is 18.3 Å². The number of rotatable bonds is 3. The number of carbonyl (C=O) groups is 2. The van der Waals surface area contributed by atoms with Crippen molar-refractivity contribution in [1.82, 2.24) is 10.3 Å². The smallest absolute Gasteiger partial charge is 0.407 e. The Balaban J connectivity index is 1.61. The van der Waals surface area contributed by atoms with Crippen LogP contribution < -0.4 is 20.4 Å². The maximum atomic E-state index is 14.7. The van der Waals surface area contributed by atoms with Gasteiger partial charge in [-0.3, -0.25) is 4.79 Å². The molecule has 2 amide bonds. The van der Waals surface area contributed by atoms with Crippen molar-refractivity contribution in [2.75, 3.05) is 29.9 Å². The number of nitrogens with one attached hydrogen (secondary N) is 2. The van der Waals surface area contributed by atoms with Gasteiger partial charge in [0.25, 0.3) is 5.91 Å². The summed E-state index contributed by atoms with van der Waals surface area (Å²) in [5.41, 5.74) is 4.20. The Labute approximate surface area is 183 Å². The average molecular weight is 439 g/mol. The Morgan fingerprint density at radius 3 is 2.78 bits per heavy atom. The van der Waals surface area contributed by atoms with Crippen molar-refractivity contribution in [3.8, 4) is 16.9 Å². The second-order valence-electron chi connectivity index (χ2n) is 8.51. The zero-order valence-electron chi connectivity index (χ0n) is 17.6. The number of ether oxygens (including phenoxy) is 1. The molecule has 1 atom stereocenters. The standard InChI is InChI=1S/C22H22FN5O4/c1-12-20(29)26-25-19-9-32-18-7-14(13-5-3-4-6-15(13)23)16(8-17(18)28(12)19)24-22(2)10-27(11-22)21(30)31/h3-8,12,24H,9-11H2,1-2H3,(H,26,29)(H,30,31). The van der Waals surface area contributed by atoms with Crippen molar-refractivity contribution in [3.63, 3.8) is 0 Å². The second kappa shape index (κ2) is 7.11. The highest BCUT2D eigenvalue weighted by atomic mass is 19.1. The van der Waals surface area contributed by atoms with E-state index in [1.807, 2.05) is 13.0 Å². The first-order valence-electron chi connectivity index (χ1n) is 10.2. The number of benzene rings is 2. The number of hydrogen-bond acceptors (Lipinski definition) is 6. The molecule has 3 heterocycles. The number of amides is 2. The molecular weight excluding hydrogens is 417 g/mol. The lowest BCUT2D eigenvalue weighted by molar-refractivity contribution is -0.122. The quantitative estimate of drug-likeness (QED) is 0.679. The minimum Gasteiger partial charge on any atom is -0.483 e. The van der Waals surface area contributed by atoms with E-state index in [4.69, 9.17) is 4.74 Å². The normalized spacial score (nSPS) is 20.8. The number of hydrogen-bond donors (Lipinski definition) is 3. The van der Waals surface area contributed by atoms with Crippen molar-refractivity contribution < 1.29 is 23.8 Å². The van der Waals surface area contributed by atoms with Gasteiger partial charge in [0.05, 0.1) is 11.2 Å². The van der Waals surface area contributed by atoms with Crippen molar-refractivity contribution in [2.24, 2.45) is 5.10 Å². The van der Waals surface area contributed by atoms with Crippen LogP contribution in [0, 0.1) is 5.82 Å². The van der Waals surface area contributed by atoms with E-state index in [2.05, 4.69) is 15.8 Å². The van der Waals surface area contributed by atoms with Gasteiger partial charge >= 0.3 is 6.09 Å². The van der Waals surface area contributed by atoms with E-state index in [9.17, 15) is 19.1 Å². The SMILES string of the molecule is CC1C(=O)NN=C2COc3cc(-c4ccccc4F)c(NC4(C)CN(C(=O)O)C4)cc3N21. The summed E-state index contributed by atoms with van der Waals surface area (Å²) < 4.78 is 20.6. The van der Waals surface area contributed by atoms with Crippen LogP contribution >= 0.6 is 0 Å². The minimum absolute atomic E-state index is 0.173. The molecule has 2 aromatic carbocycles. The molecule has 5 rings (SSSR count). The van der Waals surface area contributed by atoms with Crippen molar-refractivity contribution in [1.29, 1.82) is 0 Å². The van der Waals surface area contributed by atoms with Crippen molar-refractivity contribution >= 4 is 29.2 Å². The Morgan fingerprint density at radius 2 is 2.06 bits per heavy atom. The lowest BCUT2D eigenvalue weighted by Gasteiger charge is -2.48. The van der Waals surface area contributed by atoms with E-state index in [1.54, 1.807) is 36.1 Å². The largest absolute Gasteiger partial charge is 0.483 e. The second-order valence-corrected chi connectivity index (χ2v) is 8.51. The summed E-state index contributed by atoms with van der Waals surface area (Å²) in [5, 5.41) is 16.7. The molecule has 0 saturated carbocycles. The molecule has 1 unspecified atom stereocenters. The number of nitrogens with zero attached hydrogens (tertiary/aromatic N) is 3. The van der Waals surface area contributed by atoms with Crippen molar-refractivity contribution in [2.45, 2.75) is 25.4 Å². The predicted molar refractivity (Wildman–Crippen MR) is 116 cm³/mol. The third kappa shape index (κ3) is 3.19. The molecular formula is C22H22FN5O4. The molecule has 0 radical (unpaired) electrons. The van der Waals surface area contributed by atoms with Gasteiger partial charge in [0.15, 0.2) is 5.84 Å². The summed E-state index contributed by atoms with van der Waals surface area (Å²) >= 11 is 0. The molecule has 1 saturated heterocycles. The fraction of sp³-hybridized carbons (Fsp3) is 0.318. The van der Waals surface area contributed by atoms with Gasteiger partial charge < -0.3 is 25.0 Å². The summed E-state index contributed by atoms with van der Waals surface area (Å²) in [5.74, 6) is 0.462. The molecule has 2 aromatic rings. The lowest BCUT2D eigenvalue weighted by Crippen LogP contribution is -2.65. The van der Waals surface area contributed by atoms with Gasteiger partial charge in [-0.2, -0.15) is 5.10 Å². The fourth-order valence-electron chi connectivity index (χ4n) is 4.41. The molecule has 3 N–H and O–H groups in total. The number of hydrazone groups is 1. The average Bonchev–Trinajstić information content (AvgIpc) is 2.74. The maximum absolute atomic E-state index is 14.7. The molecule has 3 aliphatic heterocycles. The number of halogens is 1. The summed E-state index contributed by atoms with van der Waals surface area (Å²) in [6.07, 6.45) is -0.980. The van der Waals surface area contributed by atoms with Gasteiger partial charge in [0.1, 0.15) is 24.2 Å². The predicted octanol–water partition coefficient (Wildman–Crippen LogP) is 2.69. The van der Waals surface area contributed by atoms with Gasteiger partial charge in [-0.25, -0.2) is 14.6 Å². The molecule has 3 aliphatic rings. The molecule has 10 heteroatoms. The number of carbonyl (C=O) groups excluding carboxylic acids is 1. The summed E-state index contributed by atoms with van der Waals surface area (Å²) in [6, 6.07) is 9.51. The molecule has 0 spiro atoms. The molecule has 0 aliphatic carbocycles. The molecule has 9 nitrogen and oxygen atoms in total. The summed E-state index contributed by atoms with van der Waals surface area (Å²) in [7, 11) is 0. The Kier molecular flexibility index (Phi) is 4.47. The zero-order valence-corrected chi connectivity index (χ0v) is 17.6. The highest BCUT2D eigenvalue weighted by Crippen LogP contribution is 2.44. The topological polar surface area (TPSA) is 106 Å². The van der Waals surface area contributed by atoms with E-state index < -0.39 is 17.7 Å². The van der Waals surface area contributed by atoms with Crippen LogP contribution in [0.5, 0.6) is 5.75 Å². The number of carboxylic acid groups (broad SMARTS) is 1. The minimum atomic E-state index is -0.980. The van der Waals surface area contributed by atoms with Gasteiger partial charge in [-0.05, 0) is 32.0 Å². The highest BCUT2D eigenvalue weighted by molar-refractivity contribution is 6.10.